The fraction of sp³-hybridized carbons (Fsp3) is 0.192. The molecular weight excluding hydrogens is 409 g/mol. The van der Waals surface area contributed by atoms with E-state index in [1.54, 1.807) is 24.3 Å². The summed E-state index contributed by atoms with van der Waals surface area (Å²) in [7, 11) is 1.49. The maximum Gasteiger partial charge on any atom is 0.197 e. The number of phenols is 1. The largest absolute Gasteiger partial charge is 0.508 e. The second-order valence-corrected chi connectivity index (χ2v) is 7.99. The molecule has 0 radical (unpaired) electrons. The van der Waals surface area contributed by atoms with Gasteiger partial charge in [-0.3, -0.25) is 0 Å². The van der Waals surface area contributed by atoms with Crippen LogP contribution in [0.15, 0.2) is 77.3 Å². The van der Waals surface area contributed by atoms with Gasteiger partial charge in [0.1, 0.15) is 18.1 Å². The Morgan fingerprint density at radius 1 is 0.969 bits per heavy atom. The lowest BCUT2D eigenvalue weighted by Crippen LogP contribution is -2.18. The van der Waals surface area contributed by atoms with Crippen molar-refractivity contribution in [2.45, 2.75) is 18.3 Å². The molecule has 3 aromatic carbocycles. The van der Waals surface area contributed by atoms with Crippen LogP contribution in [-0.4, -0.2) is 24.0 Å². The Labute approximate surface area is 185 Å². The van der Waals surface area contributed by atoms with Crippen LogP contribution >= 0.6 is 0 Å². The lowest BCUT2D eigenvalue weighted by atomic mass is 9.92. The van der Waals surface area contributed by atoms with Crippen molar-refractivity contribution < 1.29 is 23.5 Å². The van der Waals surface area contributed by atoms with Crippen LogP contribution in [0.3, 0.4) is 0 Å². The number of methoxy groups -OCH3 is 1. The number of aromatic hydroxyl groups is 1. The molecule has 1 heterocycles. The lowest BCUT2D eigenvalue weighted by molar-refractivity contribution is 0.227. The number of halogens is 1. The van der Waals surface area contributed by atoms with Gasteiger partial charge in [-0.25, -0.2) is 4.39 Å². The standard InChI is InChI=1S/C26H22FNO4/c1-30-21-9-5-8-20(27)24(21)31-16-26(14-15-26)25-22(17-6-3-2-4-7-17)23(28-32-25)18-10-12-19(29)13-11-18/h2-13,29H,14-16H2,1H3. The third-order valence-corrected chi connectivity index (χ3v) is 5.87. The number of nitrogens with zero attached hydrogens (tertiary/aromatic N) is 1. The molecule has 0 bridgehead atoms. The van der Waals surface area contributed by atoms with Gasteiger partial charge in [0.15, 0.2) is 23.1 Å². The molecule has 1 saturated carbocycles. The molecule has 32 heavy (non-hydrogen) atoms. The summed E-state index contributed by atoms with van der Waals surface area (Å²) in [6.07, 6.45) is 1.68. The van der Waals surface area contributed by atoms with Crippen LogP contribution in [0.5, 0.6) is 17.2 Å². The van der Waals surface area contributed by atoms with Gasteiger partial charge in [0.2, 0.25) is 0 Å². The van der Waals surface area contributed by atoms with Gasteiger partial charge in [-0.15, -0.1) is 0 Å². The fourth-order valence-electron chi connectivity index (χ4n) is 3.93. The number of rotatable bonds is 7. The van der Waals surface area contributed by atoms with Crippen LogP contribution < -0.4 is 9.47 Å². The summed E-state index contributed by atoms with van der Waals surface area (Å²) in [5.41, 5.74) is 2.99. The lowest BCUT2D eigenvalue weighted by Gasteiger charge is -2.17. The predicted octanol–water partition coefficient (Wildman–Crippen LogP) is 5.97. The van der Waals surface area contributed by atoms with E-state index >= 15 is 0 Å². The summed E-state index contributed by atoms with van der Waals surface area (Å²) in [4.78, 5) is 0. The number of phenolic OH excluding ortho intramolecular Hbond substituents is 1. The highest BCUT2D eigenvalue weighted by atomic mass is 19.1. The first-order chi connectivity index (χ1) is 15.6. The summed E-state index contributed by atoms with van der Waals surface area (Å²) in [6.45, 7) is 0.244. The first-order valence-corrected chi connectivity index (χ1v) is 10.4. The van der Waals surface area contributed by atoms with Gasteiger partial charge in [0.05, 0.1) is 18.1 Å². The van der Waals surface area contributed by atoms with Gasteiger partial charge in [0.25, 0.3) is 0 Å². The second kappa shape index (κ2) is 8.04. The molecule has 6 heteroatoms. The van der Waals surface area contributed by atoms with Crippen LogP contribution in [-0.2, 0) is 5.41 Å². The Kier molecular flexibility index (Phi) is 5.05. The zero-order chi connectivity index (χ0) is 22.1. The molecule has 1 N–H and O–H groups in total. The van der Waals surface area contributed by atoms with Crippen molar-refractivity contribution in [2.24, 2.45) is 0 Å². The topological polar surface area (TPSA) is 64.7 Å². The molecule has 1 aliphatic rings. The van der Waals surface area contributed by atoms with Crippen molar-refractivity contribution in [3.63, 3.8) is 0 Å². The molecule has 5 nitrogen and oxygen atoms in total. The molecule has 162 valence electrons. The summed E-state index contributed by atoms with van der Waals surface area (Å²) in [5, 5.41) is 14.1. The van der Waals surface area contributed by atoms with E-state index in [1.165, 1.54) is 13.2 Å². The number of benzene rings is 3. The van der Waals surface area contributed by atoms with E-state index in [2.05, 4.69) is 5.16 Å². The van der Waals surface area contributed by atoms with E-state index in [0.29, 0.717) is 11.4 Å². The zero-order valence-corrected chi connectivity index (χ0v) is 17.5. The molecular formula is C26H22FNO4. The van der Waals surface area contributed by atoms with Crippen molar-refractivity contribution in [3.8, 4) is 39.6 Å². The number of hydrogen-bond donors (Lipinski definition) is 1. The Bertz CT molecular complexity index is 1230. The van der Waals surface area contributed by atoms with Crippen molar-refractivity contribution >= 4 is 0 Å². The molecule has 0 atom stereocenters. The smallest absolute Gasteiger partial charge is 0.197 e. The second-order valence-electron chi connectivity index (χ2n) is 7.99. The average Bonchev–Trinajstić information content (AvgIpc) is 3.48. The molecule has 0 unspecified atom stereocenters. The third kappa shape index (κ3) is 3.58. The monoisotopic (exact) mass is 431 g/mol. The van der Waals surface area contributed by atoms with Crippen LogP contribution in [0.25, 0.3) is 22.4 Å². The molecule has 1 aliphatic carbocycles. The van der Waals surface area contributed by atoms with E-state index in [1.807, 2.05) is 42.5 Å². The fourth-order valence-corrected chi connectivity index (χ4v) is 3.93. The highest BCUT2D eigenvalue weighted by Crippen LogP contribution is 2.53. The van der Waals surface area contributed by atoms with E-state index in [9.17, 15) is 9.50 Å². The minimum atomic E-state index is -0.467. The summed E-state index contributed by atoms with van der Waals surface area (Å²) in [6, 6.07) is 21.4. The van der Waals surface area contributed by atoms with E-state index in [4.69, 9.17) is 14.0 Å². The number of para-hydroxylation sites is 1. The first-order valence-electron chi connectivity index (χ1n) is 10.4. The Morgan fingerprint density at radius 3 is 2.41 bits per heavy atom. The zero-order valence-electron chi connectivity index (χ0n) is 17.5. The highest BCUT2D eigenvalue weighted by molar-refractivity contribution is 5.83. The van der Waals surface area contributed by atoms with Gasteiger partial charge in [-0.2, -0.15) is 0 Å². The number of ether oxygens (including phenoxy) is 2. The summed E-state index contributed by atoms with van der Waals surface area (Å²) < 4.78 is 31.5. The van der Waals surface area contributed by atoms with E-state index in [0.717, 1.165) is 35.3 Å². The molecule has 5 rings (SSSR count). The SMILES string of the molecule is COc1cccc(F)c1OCC1(c2onc(-c3ccc(O)cc3)c2-c2ccccc2)CC1. The molecule has 1 fully saturated rings. The molecule has 1 aromatic heterocycles. The van der Waals surface area contributed by atoms with Gasteiger partial charge in [-0.05, 0) is 54.8 Å². The Balaban J connectivity index is 1.54. The maximum atomic E-state index is 14.4. The number of hydrogen-bond acceptors (Lipinski definition) is 5. The van der Waals surface area contributed by atoms with Crippen molar-refractivity contribution in [1.29, 1.82) is 0 Å². The Hall–Kier alpha value is -3.80. The number of aromatic nitrogens is 1. The normalized spacial score (nSPS) is 14.2. The maximum absolute atomic E-state index is 14.4. The molecule has 0 amide bonds. The van der Waals surface area contributed by atoms with Crippen LogP contribution in [0, 0.1) is 5.82 Å². The van der Waals surface area contributed by atoms with Gasteiger partial charge >= 0.3 is 0 Å². The molecule has 0 spiro atoms. The molecule has 0 aliphatic heterocycles. The summed E-state index contributed by atoms with van der Waals surface area (Å²) in [5.74, 6) is 0.893. The van der Waals surface area contributed by atoms with Gasteiger partial charge in [-0.1, -0.05) is 41.6 Å². The Morgan fingerprint density at radius 2 is 1.72 bits per heavy atom. The van der Waals surface area contributed by atoms with E-state index < -0.39 is 11.2 Å². The predicted molar refractivity (Wildman–Crippen MR) is 118 cm³/mol. The van der Waals surface area contributed by atoms with E-state index in [-0.39, 0.29) is 18.1 Å². The van der Waals surface area contributed by atoms with Crippen molar-refractivity contribution in [2.75, 3.05) is 13.7 Å². The third-order valence-electron chi connectivity index (χ3n) is 5.87. The van der Waals surface area contributed by atoms with Crippen LogP contribution in [0.4, 0.5) is 4.39 Å². The van der Waals surface area contributed by atoms with Crippen molar-refractivity contribution in [1.82, 2.24) is 5.16 Å². The highest BCUT2D eigenvalue weighted by Gasteiger charge is 2.51. The van der Waals surface area contributed by atoms with Crippen molar-refractivity contribution in [3.05, 3.63) is 84.4 Å². The average molecular weight is 431 g/mol. The van der Waals surface area contributed by atoms with Crippen LogP contribution in [0.1, 0.15) is 18.6 Å². The minimum Gasteiger partial charge on any atom is -0.508 e. The van der Waals surface area contributed by atoms with Gasteiger partial charge in [0, 0.05) is 5.56 Å². The summed E-state index contributed by atoms with van der Waals surface area (Å²) >= 11 is 0. The molecule has 0 saturated heterocycles. The molecule has 4 aromatic rings. The minimum absolute atomic E-state index is 0.0980. The quantitative estimate of drug-likeness (QED) is 0.390. The van der Waals surface area contributed by atoms with Gasteiger partial charge < -0.3 is 19.1 Å². The first kappa shape index (κ1) is 20.1. The van der Waals surface area contributed by atoms with Crippen LogP contribution in [0.2, 0.25) is 0 Å².